The summed E-state index contributed by atoms with van der Waals surface area (Å²) >= 11 is 0. The van der Waals surface area contributed by atoms with Gasteiger partial charge < -0.3 is 47.8 Å². The van der Waals surface area contributed by atoms with E-state index in [0.29, 0.717) is 0 Å². The van der Waals surface area contributed by atoms with E-state index < -0.39 is 55.0 Å². The van der Waals surface area contributed by atoms with Crippen LogP contribution in [0.2, 0.25) is 0 Å². The molecule has 0 aliphatic heterocycles. The van der Waals surface area contributed by atoms with Crippen LogP contribution >= 0.6 is 0 Å². The number of hydrogen-bond donors (Lipinski definition) is 8. The van der Waals surface area contributed by atoms with E-state index in [4.69, 9.17) is 46.9 Å². The first kappa shape index (κ1) is 34.0. The van der Waals surface area contributed by atoms with Gasteiger partial charge in [-0.3, -0.25) is 19.2 Å². The third-order valence-corrected chi connectivity index (χ3v) is 1.42. The van der Waals surface area contributed by atoms with Crippen LogP contribution in [0.15, 0.2) is 0 Å². The van der Waals surface area contributed by atoms with Crippen molar-refractivity contribution in [2.45, 2.75) is 24.9 Å². The summed E-state index contributed by atoms with van der Waals surface area (Å²) in [5.41, 5.74) is 9.67. The van der Waals surface area contributed by atoms with Crippen LogP contribution in [0, 0.1) is 0 Å². The van der Waals surface area contributed by atoms with Gasteiger partial charge >= 0.3 is 76.1 Å². The summed E-state index contributed by atoms with van der Waals surface area (Å²) in [4.78, 5) is 47.8. The van der Waals surface area contributed by atoms with Crippen molar-refractivity contribution in [2.24, 2.45) is 11.5 Å². The molecule has 0 rings (SSSR count). The molecule has 0 saturated carbocycles. The Kier molecular flexibility index (Phi) is 27.9. The number of carbonyl (C=O) groups is 5. The van der Waals surface area contributed by atoms with E-state index in [2.05, 4.69) is 0 Å². The van der Waals surface area contributed by atoms with E-state index >= 15 is 0 Å². The summed E-state index contributed by atoms with van der Waals surface area (Å²) in [6.45, 7) is 0. The Hall–Kier alpha value is -1.40. The van der Waals surface area contributed by atoms with Crippen LogP contribution in [0.5, 0.6) is 0 Å². The van der Waals surface area contributed by atoms with Crippen molar-refractivity contribution >= 4 is 76.1 Å². The van der Waals surface area contributed by atoms with Crippen LogP contribution in [0.1, 0.15) is 18.5 Å². The Balaban J connectivity index is -0.0000000262. The minimum atomic E-state index is -1.83. The molecule has 2 atom stereocenters. The van der Waals surface area contributed by atoms with Crippen LogP contribution in [-0.4, -0.2) is 119 Å². The summed E-state index contributed by atoms with van der Waals surface area (Å²) < 4.78 is 0. The molecule has 0 aliphatic carbocycles. The minimum Gasteiger partial charge on any atom is -1.00 e. The fourth-order valence-electron chi connectivity index (χ4n) is 0.551. The Bertz CT molecular complexity index is 399. The topological polar surface area (TPSA) is 259 Å². The van der Waals surface area contributed by atoms with Gasteiger partial charge in [-0.15, -0.1) is 0 Å². The van der Waals surface area contributed by atoms with E-state index in [9.17, 15) is 19.2 Å². The third-order valence-electron chi connectivity index (χ3n) is 1.42. The molecule has 0 aliphatic rings. The molecule has 0 heterocycles. The van der Waals surface area contributed by atoms with Crippen LogP contribution in [0.4, 0.5) is 4.79 Å². The normalized spacial score (nSPS) is 10.4. The Morgan fingerprint density at radius 3 is 0.875 bits per heavy atom. The largest absolute Gasteiger partial charge is 2.00 e. The first-order chi connectivity index (χ1) is 9.81. The van der Waals surface area contributed by atoms with Crippen molar-refractivity contribution < 1.29 is 60.3 Å². The molecular weight excluding hydrogens is 361 g/mol. The van der Waals surface area contributed by atoms with E-state index in [1.807, 2.05) is 0 Å². The van der Waals surface area contributed by atoms with Crippen molar-refractivity contribution in [1.29, 1.82) is 0 Å². The van der Waals surface area contributed by atoms with E-state index in [1.54, 1.807) is 0 Å². The number of aliphatic carboxylic acids is 4. The standard InChI is InChI=1S/2C4H7NO4.CH2O3.2Mg.4H/c2*5-2(4(8)9)1-3(6)7;2-1(3)4;;;;;;/h2*2H,1,5H2,(H,6,7)(H,8,9);(H2,2,3,4);;;;;;/q;;;2*+2;4*-1/t2*2-;;;;;;;/m00......./s1. The SMILES string of the molecule is N[C@@H](CC(=O)O)C(=O)O.N[C@@H](CC(=O)O)C(=O)O.O=C(O)O.[H-].[H-].[H-].[H-].[Mg+2].[Mg+2]. The summed E-state index contributed by atoms with van der Waals surface area (Å²) in [6.07, 6.45) is -2.90. The molecule has 0 amide bonds. The molecule has 0 fully saturated rings. The molecule has 0 radical (unpaired) electrons. The summed E-state index contributed by atoms with van der Waals surface area (Å²) in [7, 11) is 0. The van der Waals surface area contributed by atoms with Crippen LogP contribution < -0.4 is 11.5 Å². The summed E-state index contributed by atoms with van der Waals surface area (Å²) in [5.74, 6) is -5.00. The molecule has 10 N–H and O–H groups in total. The van der Waals surface area contributed by atoms with Gasteiger partial charge in [0.05, 0.1) is 12.8 Å². The van der Waals surface area contributed by atoms with Gasteiger partial charge in [-0.2, -0.15) is 0 Å². The first-order valence-corrected chi connectivity index (χ1v) is 5.13. The van der Waals surface area contributed by atoms with Gasteiger partial charge in [0, 0.05) is 0 Å². The Morgan fingerprint density at radius 2 is 0.833 bits per heavy atom. The van der Waals surface area contributed by atoms with E-state index in [1.165, 1.54) is 0 Å². The number of rotatable bonds is 6. The van der Waals surface area contributed by atoms with Crippen LogP contribution in [-0.2, 0) is 19.2 Å². The van der Waals surface area contributed by atoms with Gasteiger partial charge in [-0.05, 0) is 0 Å². The minimum absolute atomic E-state index is 0. The van der Waals surface area contributed by atoms with Gasteiger partial charge in [0.2, 0.25) is 0 Å². The fourth-order valence-corrected chi connectivity index (χ4v) is 0.551. The monoisotopic (exact) mass is 380 g/mol. The molecule has 0 aromatic carbocycles. The van der Waals surface area contributed by atoms with E-state index in [-0.39, 0.29) is 51.8 Å². The second-order valence-corrected chi connectivity index (χ2v) is 3.37. The molecule has 136 valence electrons. The number of carboxylic acid groups (broad SMARTS) is 6. The maximum atomic E-state index is 9.85. The zero-order chi connectivity index (χ0) is 18.5. The van der Waals surface area contributed by atoms with Gasteiger partial charge in [-0.25, -0.2) is 4.79 Å². The molecule has 13 nitrogen and oxygen atoms in total. The molecule has 0 spiro atoms. The second-order valence-electron chi connectivity index (χ2n) is 3.37. The first-order valence-electron chi connectivity index (χ1n) is 5.13. The van der Waals surface area contributed by atoms with Crippen molar-refractivity contribution in [3.8, 4) is 0 Å². The fraction of sp³-hybridized carbons (Fsp3) is 0.444. The number of nitrogens with two attached hydrogens (primary N) is 2. The molecule has 15 heteroatoms. The molecule has 0 aromatic rings. The van der Waals surface area contributed by atoms with Crippen molar-refractivity contribution in [1.82, 2.24) is 0 Å². The Labute approximate surface area is 172 Å². The molecule has 0 bridgehead atoms. The van der Waals surface area contributed by atoms with Gasteiger partial charge in [0.25, 0.3) is 0 Å². The zero-order valence-electron chi connectivity index (χ0n) is 16.4. The van der Waals surface area contributed by atoms with Crippen molar-refractivity contribution in [2.75, 3.05) is 0 Å². The number of hydrogen-bond acceptors (Lipinski definition) is 7. The molecule has 0 saturated heterocycles. The van der Waals surface area contributed by atoms with Crippen molar-refractivity contribution in [3.63, 3.8) is 0 Å². The van der Waals surface area contributed by atoms with Crippen LogP contribution in [0.25, 0.3) is 0 Å². The molecular formula is C9H20Mg2N2O11. The second kappa shape index (κ2) is 19.6. The predicted octanol–water partition coefficient (Wildman–Crippen LogP) is -2.34. The van der Waals surface area contributed by atoms with Gasteiger partial charge in [0.1, 0.15) is 12.1 Å². The molecule has 0 aromatic heterocycles. The van der Waals surface area contributed by atoms with Gasteiger partial charge in [-0.1, -0.05) is 0 Å². The van der Waals surface area contributed by atoms with Crippen molar-refractivity contribution in [3.05, 3.63) is 0 Å². The zero-order valence-corrected chi connectivity index (χ0v) is 15.2. The number of carboxylic acids is 4. The average Bonchev–Trinajstić information content (AvgIpc) is 2.26. The molecule has 24 heavy (non-hydrogen) atoms. The van der Waals surface area contributed by atoms with Crippen LogP contribution in [0.3, 0.4) is 0 Å². The summed E-state index contributed by atoms with van der Waals surface area (Å²) in [6, 6.07) is -2.58. The maximum Gasteiger partial charge on any atom is 2.00 e. The van der Waals surface area contributed by atoms with E-state index in [0.717, 1.165) is 0 Å². The smallest absolute Gasteiger partial charge is 1.00 e. The molecule has 0 unspecified atom stereocenters. The van der Waals surface area contributed by atoms with Gasteiger partial charge in [0.15, 0.2) is 0 Å². The Morgan fingerprint density at radius 1 is 0.667 bits per heavy atom. The summed E-state index contributed by atoms with van der Waals surface area (Å²) in [5, 5.41) is 46.0. The quantitative estimate of drug-likeness (QED) is 0.225. The third kappa shape index (κ3) is 37.1. The average molecular weight is 381 g/mol. The maximum absolute atomic E-state index is 9.85. The predicted molar refractivity (Wildman–Crippen MR) is 82.3 cm³/mol.